The molecule has 0 spiro atoms. The van der Waals surface area contributed by atoms with Crippen molar-refractivity contribution in [2.75, 3.05) is 36.4 Å². The molecule has 2 aromatic rings. The minimum Gasteiger partial charge on any atom is -0.374 e. The number of anilines is 2. The molecule has 1 saturated heterocycles. The van der Waals surface area contributed by atoms with Gasteiger partial charge in [-0.05, 0) is 30.7 Å². The molecule has 0 aliphatic carbocycles. The van der Waals surface area contributed by atoms with E-state index < -0.39 is 0 Å². The van der Waals surface area contributed by atoms with Gasteiger partial charge < -0.3 is 15.1 Å². The van der Waals surface area contributed by atoms with E-state index in [2.05, 4.69) is 41.4 Å². The molecule has 0 saturated carbocycles. The van der Waals surface area contributed by atoms with Crippen LogP contribution in [0.3, 0.4) is 0 Å². The quantitative estimate of drug-likeness (QED) is 0.917. The van der Waals surface area contributed by atoms with Gasteiger partial charge in [0, 0.05) is 37.6 Å². The molecule has 0 aromatic heterocycles. The van der Waals surface area contributed by atoms with E-state index in [1.807, 2.05) is 41.3 Å². The van der Waals surface area contributed by atoms with E-state index in [-0.39, 0.29) is 11.9 Å². The van der Waals surface area contributed by atoms with Crippen molar-refractivity contribution in [1.82, 2.24) is 4.90 Å². The lowest BCUT2D eigenvalue weighted by Gasteiger charge is -2.37. The topological polar surface area (TPSA) is 35.6 Å². The van der Waals surface area contributed by atoms with E-state index in [0.717, 1.165) is 38.3 Å². The molecule has 4 heteroatoms. The molecule has 0 bridgehead atoms. The van der Waals surface area contributed by atoms with Crippen LogP contribution in [0.5, 0.6) is 0 Å². The Morgan fingerprint density at radius 3 is 2.12 bits per heavy atom. The molecule has 1 amide bonds. The summed E-state index contributed by atoms with van der Waals surface area (Å²) in [6, 6.07) is 20.2. The van der Waals surface area contributed by atoms with Crippen LogP contribution in [-0.2, 0) is 4.79 Å². The van der Waals surface area contributed by atoms with Gasteiger partial charge in [0.15, 0.2) is 0 Å². The average molecular weight is 323 g/mol. The van der Waals surface area contributed by atoms with E-state index in [4.69, 9.17) is 0 Å². The number of amides is 1. The molecular weight excluding hydrogens is 298 g/mol. The zero-order chi connectivity index (χ0) is 16.8. The van der Waals surface area contributed by atoms with Crippen LogP contribution < -0.4 is 10.2 Å². The van der Waals surface area contributed by atoms with Gasteiger partial charge in [-0.15, -0.1) is 0 Å². The van der Waals surface area contributed by atoms with Crippen LogP contribution >= 0.6 is 0 Å². The Kier molecular flexibility index (Phi) is 5.36. The first-order valence-corrected chi connectivity index (χ1v) is 8.68. The number of benzene rings is 2. The van der Waals surface area contributed by atoms with Gasteiger partial charge in [-0.1, -0.05) is 43.3 Å². The Balaban J connectivity index is 1.57. The zero-order valence-electron chi connectivity index (χ0n) is 14.2. The largest absolute Gasteiger partial charge is 0.374 e. The fourth-order valence-corrected chi connectivity index (χ4v) is 3.12. The first-order chi connectivity index (χ1) is 11.8. The summed E-state index contributed by atoms with van der Waals surface area (Å²) in [6.07, 6.45) is 0.784. The van der Waals surface area contributed by atoms with Crippen molar-refractivity contribution in [2.45, 2.75) is 19.4 Å². The second-order valence-electron chi connectivity index (χ2n) is 6.12. The summed E-state index contributed by atoms with van der Waals surface area (Å²) in [7, 11) is 0. The maximum absolute atomic E-state index is 12.8. The van der Waals surface area contributed by atoms with Crippen LogP contribution in [-0.4, -0.2) is 43.0 Å². The summed E-state index contributed by atoms with van der Waals surface area (Å²) in [6.45, 7) is 5.38. The number of carbonyl (C=O) groups is 1. The number of hydrogen-bond donors (Lipinski definition) is 1. The third kappa shape index (κ3) is 3.88. The standard InChI is InChI=1S/C20H25N3O/c1-2-19(21-17-9-5-3-6-10-17)20(24)23-15-13-22(14-16-23)18-11-7-4-8-12-18/h3-12,19,21H,2,13-16H2,1H3/t19-/m1/s1. The smallest absolute Gasteiger partial charge is 0.245 e. The molecule has 3 rings (SSSR count). The number of para-hydroxylation sites is 2. The lowest BCUT2D eigenvalue weighted by molar-refractivity contribution is -0.132. The fourth-order valence-electron chi connectivity index (χ4n) is 3.12. The van der Waals surface area contributed by atoms with E-state index in [1.165, 1.54) is 5.69 Å². The molecule has 1 aliphatic heterocycles. The second kappa shape index (κ2) is 7.86. The minimum absolute atomic E-state index is 0.157. The second-order valence-corrected chi connectivity index (χ2v) is 6.12. The fraction of sp³-hybridized carbons (Fsp3) is 0.350. The zero-order valence-corrected chi connectivity index (χ0v) is 14.2. The number of hydrogen-bond acceptors (Lipinski definition) is 3. The first kappa shape index (κ1) is 16.4. The maximum Gasteiger partial charge on any atom is 0.245 e. The van der Waals surface area contributed by atoms with Crippen LogP contribution in [0.25, 0.3) is 0 Å². The Morgan fingerprint density at radius 1 is 0.958 bits per heavy atom. The van der Waals surface area contributed by atoms with Crippen molar-refractivity contribution in [3.63, 3.8) is 0 Å². The summed E-state index contributed by atoms with van der Waals surface area (Å²) in [5, 5.41) is 3.36. The number of nitrogens with one attached hydrogen (secondary N) is 1. The molecule has 1 N–H and O–H groups in total. The van der Waals surface area contributed by atoms with Gasteiger partial charge in [0.05, 0.1) is 0 Å². The van der Waals surface area contributed by atoms with Crippen LogP contribution in [0.4, 0.5) is 11.4 Å². The predicted octanol–water partition coefficient (Wildman–Crippen LogP) is 3.23. The molecule has 24 heavy (non-hydrogen) atoms. The molecule has 0 unspecified atom stereocenters. The maximum atomic E-state index is 12.8. The van der Waals surface area contributed by atoms with E-state index in [0.29, 0.717) is 0 Å². The van der Waals surface area contributed by atoms with Crippen molar-refractivity contribution in [2.24, 2.45) is 0 Å². The third-order valence-corrected chi connectivity index (χ3v) is 4.53. The number of piperazine rings is 1. The van der Waals surface area contributed by atoms with Crippen LogP contribution in [0.1, 0.15) is 13.3 Å². The third-order valence-electron chi connectivity index (χ3n) is 4.53. The van der Waals surface area contributed by atoms with E-state index in [9.17, 15) is 4.79 Å². The summed E-state index contributed by atoms with van der Waals surface area (Å²) in [5.41, 5.74) is 2.24. The number of nitrogens with zero attached hydrogens (tertiary/aromatic N) is 2. The van der Waals surface area contributed by atoms with Crippen molar-refractivity contribution < 1.29 is 4.79 Å². The van der Waals surface area contributed by atoms with Crippen molar-refractivity contribution in [3.05, 3.63) is 60.7 Å². The lowest BCUT2D eigenvalue weighted by Crippen LogP contribution is -2.52. The summed E-state index contributed by atoms with van der Waals surface area (Å²) < 4.78 is 0. The van der Waals surface area contributed by atoms with Crippen molar-refractivity contribution in [1.29, 1.82) is 0 Å². The molecule has 2 aromatic carbocycles. The SMILES string of the molecule is CC[C@@H](Nc1ccccc1)C(=O)N1CCN(c2ccccc2)CC1. The molecule has 4 nitrogen and oxygen atoms in total. The van der Waals surface area contributed by atoms with Crippen LogP contribution in [0.15, 0.2) is 60.7 Å². The molecule has 1 atom stereocenters. The van der Waals surface area contributed by atoms with E-state index in [1.54, 1.807) is 0 Å². The first-order valence-electron chi connectivity index (χ1n) is 8.68. The summed E-state index contributed by atoms with van der Waals surface area (Å²) >= 11 is 0. The molecule has 0 radical (unpaired) electrons. The number of rotatable bonds is 5. The highest BCUT2D eigenvalue weighted by molar-refractivity contribution is 5.85. The Morgan fingerprint density at radius 2 is 1.54 bits per heavy atom. The van der Waals surface area contributed by atoms with Gasteiger partial charge in [0.25, 0.3) is 0 Å². The Bertz CT molecular complexity index is 636. The predicted molar refractivity (Wildman–Crippen MR) is 99.4 cm³/mol. The molecule has 1 heterocycles. The van der Waals surface area contributed by atoms with Crippen LogP contribution in [0, 0.1) is 0 Å². The minimum atomic E-state index is -0.157. The Hall–Kier alpha value is -2.49. The molecule has 126 valence electrons. The van der Waals surface area contributed by atoms with Gasteiger partial charge in [0.1, 0.15) is 6.04 Å². The highest BCUT2D eigenvalue weighted by Crippen LogP contribution is 2.17. The normalized spacial score (nSPS) is 15.9. The van der Waals surface area contributed by atoms with Gasteiger partial charge in [0.2, 0.25) is 5.91 Å². The number of carbonyl (C=O) groups excluding carboxylic acids is 1. The Labute approximate surface area is 144 Å². The van der Waals surface area contributed by atoms with Crippen molar-refractivity contribution >= 4 is 17.3 Å². The van der Waals surface area contributed by atoms with Crippen molar-refractivity contribution in [3.8, 4) is 0 Å². The van der Waals surface area contributed by atoms with Gasteiger partial charge in [-0.3, -0.25) is 4.79 Å². The summed E-state index contributed by atoms with van der Waals surface area (Å²) in [5.74, 6) is 0.203. The van der Waals surface area contributed by atoms with Gasteiger partial charge >= 0.3 is 0 Å². The molecule has 1 fully saturated rings. The molecular formula is C20H25N3O. The highest BCUT2D eigenvalue weighted by Gasteiger charge is 2.26. The van der Waals surface area contributed by atoms with Crippen LogP contribution in [0.2, 0.25) is 0 Å². The monoisotopic (exact) mass is 323 g/mol. The lowest BCUT2D eigenvalue weighted by atomic mass is 10.1. The van der Waals surface area contributed by atoms with Gasteiger partial charge in [-0.2, -0.15) is 0 Å². The molecule has 1 aliphatic rings. The van der Waals surface area contributed by atoms with Gasteiger partial charge in [-0.25, -0.2) is 0 Å². The van der Waals surface area contributed by atoms with E-state index >= 15 is 0 Å². The average Bonchev–Trinajstić information content (AvgIpc) is 2.67. The summed E-state index contributed by atoms with van der Waals surface area (Å²) in [4.78, 5) is 17.2. The highest BCUT2D eigenvalue weighted by atomic mass is 16.2.